The van der Waals surface area contributed by atoms with Gasteiger partial charge in [0.05, 0.1) is 0 Å². The van der Waals surface area contributed by atoms with E-state index in [0.717, 1.165) is 0 Å². The summed E-state index contributed by atoms with van der Waals surface area (Å²) in [5.74, 6) is 0.167. The van der Waals surface area contributed by atoms with E-state index in [1.165, 1.54) is 13.8 Å². The van der Waals surface area contributed by atoms with Crippen molar-refractivity contribution in [2.45, 2.75) is 22.4 Å². The van der Waals surface area contributed by atoms with Crippen molar-refractivity contribution < 1.29 is 4.79 Å². The Bertz CT molecular complexity index is 78.4. The number of Topliss-reactive ketones (excluding diaryl/α,β-unsaturated/α-hetero) is 1. The largest absolute Gasteiger partial charge is 0.300 e. The van der Waals surface area contributed by atoms with Gasteiger partial charge in [-0.2, -0.15) is 0 Å². The van der Waals surface area contributed by atoms with Gasteiger partial charge in [-0.3, -0.25) is 0 Å². The maximum atomic E-state index is 9.44. The van der Waals surface area contributed by atoms with Gasteiger partial charge in [0.1, 0.15) is 5.78 Å². The van der Waals surface area contributed by atoms with E-state index < -0.39 is 8.59 Å². The molecule has 0 N–H and O–H groups in total. The highest BCUT2D eigenvalue weighted by Crippen LogP contribution is 2.04. The lowest BCUT2D eigenvalue weighted by Crippen LogP contribution is -1.69. The van der Waals surface area contributed by atoms with Crippen molar-refractivity contribution in [1.29, 1.82) is 0 Å². The van der Waals surface area contributed by atoms with Crippen LogP contribution in [-0.2, 0) is 4.79 Å². The van der Waals surface area contributed by atoms with Crippen LogP contribution in [0, 0.1) is 0 Å². The summed E-state index contributed by atoms with van der Waals surface area (Å²) in [5, 5.41) is 0. The zero-order valence-corrected chi connectivity index (χ0v) is 10.9. The third kappa shape index (κ3) is 622. The molecule has 0 bridgehead atoms. The Hall–Kier alpha value is 1.41. The molecule has 0 atom stereocenters. The van der Waals surface area contributed by atoms with E-state index in [9.17, 15) is 4.79 Å². The molecule has 12 heavy (non-hydrogen) atoms. The van der Waals surface area contributed by atoms with E-state index in [2.05, 4.69) is 0 Å². The molecule has 0 unspecified atom stereocenters. The molecular formula is C5H8Cl6O. The summed E-state index contributed by atoms with van der Waals surface area (Å²) in [5.41, 5.74) is 0. The molecule has 0 saturated heterocycles. The Labute approximate surface area is 102 Å². The molecular weight excluding hydrogens is 289 g/mol. The van der Waals surface area contributed by atoms with Crippen molar-refractivity contribution in [3.63, 3.8) is 0 Å². The maximum Gasteiger partial charge on any atom is 0.180 e. The second-order valence-electron chi connectivity index (χ2n) is 1.40. The minimum atomic E-state index is -0.750. The first-order valence-corrected chi connectivity index (χ1v) is 5.13. The predicted octanol–water partition coefficient (Wildman–Crippen LogP) is 4.57. The maximum absolute atomic E-state index is 9.44. The molecule has 76 valence electrons. The molecule has 0 radical (unpaired) electrons. The monoisotopic (exact) mass is 294 g/mol. The molecule has 0 aromatic heterocycles. The summed E-state index contributed by atoms with van der Waals surface area (Å²) in [6, 6.07) is 0. The van der Waals surface area contributed by atoms with Crippen LogP contribution in [0.4, 0.5) is 0 Å². The van der Waals surface area contributed by atoms with Crippen molar-refractivity contribution in [3.8, 4) is 0 Å². The van der Waals surface area contributed by atoms with E-state index in [1.54, 1.807) is 0 Å². The summed E-state index contributed by atoms with van der Waals surface area (Å²) in [4.78, 5) is 9.44. The summed E-state index contributed by atoms with van der Waals surface area (Å²) in [6.07, 6.45) is 0. The van der Waals surface area contributed by atoms with Crippen LogP contribution in [0.5, 0.6) is 0 Å². The first kappa shape index (κ1) is 19.1. The topological polar surface area (TPSA) is 17.1 Å². The fraction of sp³-hybridized carbons (Fsp3) is 0.800. The van der Waals surface area contributed by atoms with Gasteiger partial charge in [-0.25, -0.2) is 0 Å². The van der Waals surface area contributed by atoms with Gasteiger partial charge >= 0.3 is 0 Å². The van der Waals surface area contributed by atoms with Crippen molar-refractivity contribution in [2.75, 3.05) is 0 Å². The zero-order valence-electron chi connectivity index (χ0n) is 6.33. The average Bonchev–Trinajstić information content (AvgIpc) is 1.54. The summed E-state index contributed by atoms with van der Waals surface area (Å²) in [6.45, 7) is 3.06. The van der Waals surface area contributed by atoms with Crippen LogP contribution in [0.2, 0.25) is 0 Å². The summed E-state index contributed by atoms with van der Waals surface area (Å²) >= 11 is 28.8. The Morgan fingerprint density at radius 2 is 0.833 bits per heavy atom. The predicted molar refractivity (Wildman–Crippen MR) is 59.0 cm³/mol. The highest BCUT2D eigenvalue weighted by molar-refractivity contribution is 6.63. The van der Waals surface area contributed by atoms with Crippen LogP contribution in [0.15, 0.2) is 0 Å². The quantitative estimate of drug-likeness (QED) is 0.599. The van der Waals surface area contributed by atoms with Gasteiger partial charge < -0.3 is 4.79 Å². The Morgan fingerprint density at radius 1 is 0.833 bits per heavy atom. The number of carbonyl (C=O) groups excluding carboxylic acids is 1. The SMILES string of the molecule is CC(C)=O.ClC(Cl)Cl.ClC(Cl)Cl. The van der Waals surface area contributed by atoms with Crippen LogP contribution in [0.25, 0.3) is 0 Å². The molecule has 0 heterocycles. The van der Waals surface area contributed by atoms with E-state index in [-0.39, 0.29) is 5.78 Å². The second-order valence-corrected chi connectivity index (χ2v) is 5.36. The lowest BCUT2D eigenvalue weighted by molar-refractivity contribution is -0.114. The highest BCUT2D eigenvalue weighted by atomic mass is 35.6. The van der Waals surface area contributed by atoms with Crippen molar-refractivity contribution in [2.24, 2.45) is 0 Å². The van der Waals surface area contributed by atoms with Gasteiger partial charge in [-0.1, -0.05) is 69.6 Å². The smallest absolute Gasteiger partial charge is 0.180 e. The molecule has 0 aliphatic rings. The number of hydrogen-bond acceptors (Lipinski definition) is 1. The van der Waals surface area contributed by atoms with Gasteiger partial charge in [0.2, 0.25) is 0 Å². The molecule has 0 aromatic carbocycles. The fourth-order valence-electron chi connectivity index (χ4n) is 0. The number of rotatable bonds is 0. The third-order valence-corrected chi connectivity index (χ3v) is 0. The molecule has 0 saturated carbocycles. The minimum absolute atomic E-state index is 0.167. The third-order valence-electron chi connectivity index (χ3n) is 0. The molecule has 0 aliphatic carbocycles. The Balaban J connectivity index is -0.000000101. The fourth-order valence-corrected chi connectivity index (χ4v) is 0. The van der Waals surface area contributed by atoms with Gasteiger partial charge in [0.15, 0.2) is 8.59 Å². The van der Waals surface area contributed by atoms with E-state index in [1.807, 2.05) is 0 Å². The zero-order chi connectivity index (χ0) is 10.7. The summed E-state index contributed by atoms with van der Waals surface area (Å²) < 4.78 is -1.50. The average molecular weight is 297 g/mol. The molecule has 0 fully saturated rings. The molecule has 1 nitrogen and oxygen atoms in total. The number of halogens is 6. The van der Waals surface area contributed by atoms with Crippen molar-refractivity contribution >= 4 is 75.4 Å². The number of alkyl halides is 6. The second kappa shape index (κ2) is 14.9. The molecule has 0 aromatic rings. The standard InChI is InChI=1S/C3H6O.2CHCl3/c1-3(2)4;2*2-1(3)4/h1-2H3;2*1H. The first-order chi connectivity index (χ1) is 5.20. The lowest BCUT2D eigenvalue weighted by atomic mass is 10.6. The number of hydrogen-bond donors (Lipinski definition) is 0. The van der Waals surface area contributed by atoms with Gasteiger partial charge in [-0.05, 0) is 13.8 Å². The molecule has 0 aliphatic heterocycles. The van der Waals surface area contributed by atoms with E-state index in [4.69, 9.17) is 69.6 Å². The van der Waals surface area contributed by atoms with Crippen LogP contribution in [0.1, 0.15) is 13.8 Å². The summed E-state index contributed by atoms with van der Waals surface area (Å²) in [7, 11) is 0. The number of ketones is 1. The minimum Gasteiger partial charge on any atom is -0.300 e. The highest BCUT2D eigenvalue weighted by Gasteiger charge is 1.79. The van der Waals surface area contributed by atoms with Crippen molar-refractivity contribution in [1.82, 2.24) is 0 Å². The molecule has 0 rings (SSSR count). The first-order valence-electron chi connectivity index (χ1n) is 2.51. The number of carbonyl (C=O) groups is 1. The van der Waals surface area contributed by atoms with Crippen LogP contribution in [-0.4, -0.2) is 14.4 Å². The normalized spacial score (nSPS) is 8.17. The van der Waals surface area contributed by atoms with Crippen molar-refractivity contribution in [3.05, 3.63) is 0 Å². The van der Waals surface area contributed by atoms with E-state index >= 15 is 0 Å². The van der Waals surface area contributed by atoms with Gasteiger partial charge in [0.25, 0.3) is 0 Å². The van der Waals surface area contributed by atoms with E-state index in [0.29, 0.717) is 0 Å². The van der Waals surface area contributed by atoms with Crippen LogP contribution < -0.4 is 0 Å². The Kier molecular flexibility index (Phi) is 23.7. The van der Waals surface area contributed by atoms with Crippen LogP contribution >= 0.6 is 69.6 Å². The lowest BCUT2D eigenvalue weighted by Gasteiger charge is -1.69. The molecule has 0 spiro atoms. The van der Waals surface area contributed by atoms with Gasteiger partial charge in [0, 0.05) is 0 Å². The van der Waals surface area contributed by atoms with Crippen LogP contribution in [0.3, 0.4) is 0 Å². The Morgan fingerprint density at radius 3 is 0.833 bits per heavy atom. The van der Waals surface area contributed by atoms with Gasteiger partial charge in [-0.15, -0.1) is 0 Å². The molecule has 0 amide bonds. The molecule has 7 heteroatoms.